The van der Waals surface area contributed by atoms with Crippen LogP contribution in [0.15, 0.2) is 65.1 Å². The molecule has 1 aliphatic heterocycles. The Kier molecular flexibility index (Phi) is 4.49. The first-order chi connectivity index (χ1) is 13.2. The van der Waals surface area contributed by atoms with Crippen molar-refractivity contribution in [1.29, 1.82) is 5.26 Å². The first-order valence-electron chi connectivity index (χ1n) is 8.84. The zero-order chi connectivity index (χ0) is 18.8. The Bertz CT molecular complexity index is 1030. The molecule has 1 amide bonds. The second-order valence-electron chi connectivity index (χ2n) is 6.72. The van der Waals surface area contributed by atoms with Gasteiger partial charge in [0.2, 0.25) is 5.91 Å². The zero-order valence-electron chi connectivity index (χ0n) is 14.8. The molecule has 3 aromatic rings. The van der Waals surface area contributed by atoms with Crippen LogP contribution < -0.4 is 5.73 Å². The number of fused-ring (bicyclic) bond motifs is 1. The van der Waals surface area contributed by atoms with Crippen molar-refractivity contribution < 1.29 is 9.21 Å². The number of hydrogen-bond acceptors (Lipinski definition) is 4. The van der Waals surface area contributed by atoms with Gasteiger partial charge in [-0.1, -0.05) is 36.4 Å². The largest absolute Gasteiger partial charge is 0.460 e. The summed E-state index contributed by atoms with van der Waals surface area (Å²) in [6.45, 7) is 1.13. The molecule has 0 fully saturated rings. The van der Waals surface area contributed by atoms with Crippen LogP contribution in [0.1, 0.15) is 22.5 Å². The molecule has 4 rings (SSSR count). The molecule has 2 aromatic carbocycles. The predicted molar refractivity (Wildman–Crippen MR) is 101 cm³/mol. The summed E-state index contributed by atoms with van der Waals surface area (Å²) in [5, 5.41) is 9.29. The molecule has 134 valence electrons. The Morgan fingerprint density at radius 3 is 2.63 bits per heavy atom. The van der Waals surface area contributed by atoms with Crippen LogP contribution in [-0.4, -0.2) is 16.8 Å². The Morgan fingerprint density at radius 2 is 1.85 bits per heavy atom. The van der Waals surface area contributed by atoms with Crippen LogP contribution >= 0.6 is 0 Å². The van der Waals surface area contributed by atoms with E-state index in [4.69, 9.17) is 10.2 Å². The Hall–Kier alpha value is -3.36. The molecule has 5 nitrogen and oxygen atoms in total. The third-order valence-electron chi connectivity index (χ3n) is 5.01. The van der Waals surface area contributed by atoms with Gasteiger partial charge in [0.25, 0.3) is 0 Å². The molecule has 1 aromatic heterocycles. The highest BCUT2D eigenvalue weighted by molar-refractivity contribution is 5.80. The van der Waals surface area contributed by atoms with Crippen molar-refractivity contribution in [1.82, 2.24) is 4.90 Å². The molecule has 1 atom stereocenters. The van der Waals surface area contributed by atoms with Gasteiger partial charge in [-0.05, 0) is 41.8 Å². The smallest absolute Gasteiger partial charge is 0.235 e. The van der Waals surface area contributed by atoms with E-state index in [-0.39, 0.29) is 11.9 Å². The van der Waals surface area contributed by atoms with E-state index >= 15 is 0 Å². The minimum atomic E-state index is -0.361. The maximum Gasteiger partial charge on any atom is 0.235 e. The molecule has 0 spiro atoms. The molecule has 2 heterocycles. The van der Waals surface area contributed by atoms with Crippen LogP contribution in [-0.2, 0) is 24.3 Å². The molecule has 0 bridgehead atoms. The normalized spacial score (nSPS) is 16.5. The van der Waals surface area contributed by atoms with Gasteiger partial charge >= 0.3 is 0 Å². The number of carbonyl (C=O) groups is 1. The lowest BCUT2D eigenvalue weighted by molar-refractivity contribution is -0.124. The summed E-state index contributed by atoms with van der Waals surface area (Å²) in [6, 6.07) is 21.0. The fourth-order valence-electron chi connectivity index (χ4n) is 3.63. The number of benzene rings is 2. The van der Waals surface area contributed by atoms with Crippen molar-refractivity contribution in [2.75, 3.05) is 0 Å². The summed E-state index contributed by atoms with van der Waals surface area (Å²) < 4.78 is 5.99. The second kappa shape index (κ2) is 7.10. The minimum Gasteiger partial charge on any atom is -0.460 e. The standard InChI is InChI=1S/C22H19N3O2/c23-12-16-6-3-4-8-19(16)21-10-9-18(27-21)14-25-13-17-7-2-1-5-15(17)11-20(25)22(24)26/h1-10,20H,11,13-14H2,(H2,24,26)/t20-/m1/s1. The van der Waals surface area contributed by atoms with E-state index in [1.54, 1.807) is 6.07 Å². The molecule has 5 heteroatoms. The quantitative estimate of drug-likeness (QED) is 0.777. The van der Waals surface area contributed by atoms with Crippen molar-refractivity contribution in [3.8, 4) is 17.4 Å². The van der Waals surface area contributed by atoms with E-state index in [9.17, 15) is 10.1 Å². The number of rotatable bonds is 4. The first kappa shape index (κ1) is 17.1. The number of primary amides is 1. The molecule has 0 unspecified atom stereocenters. The van der Waals surface area contributed by atoms with Crippen LogP contribution in [0, 0.1) is 11.3 Å². The molecule has 1 aliphatic rings. The van der Waals surface area contributed by atoms with Gasteiger partial charge in [0.1, 0.15) is 11.5 Å². The van der Waals surface area contributed by atoms with E-state index in [2.05, 4.69) is 12.1 Å². The summed E-state index contributed by atoms with van der Waals surface area (Å²) in [7, 11) is 0. The average molecular weight is 357 g/mol. The number of carbonyl (C=O) groups excluding carboxylic acids is 1. The van der Waals surface area contributed by atoms with Gasteiger partial charge in [0.05, 0.1) is 24.2 Å². The maximum absolute atomic E-state index is 12.0. The molecule has 27 heavy (non-hydrogen) atoms. The van der Waals surface area contributed by atoms with Gasteiger partial charge in [-0.25, -0.2) is 0 Å². The lowest BCUT2D eigenvalue weighted by atomic mass is 9.93. The van der Waals surface area contributed by atoms with E-state index in [1.165, 1.54) is 11.1 Å². The van der Waals surface area contributed by atoms with Gasteiger partial charge < -0.3 is 10.2 Å². The number of hydrogen-bond donors (Lipinski definition) is 1. The third-order valence-corrected chi connectivity index (χ3v) is 5.01. The molecule has 0 radical (unpaired) electrons. The van der Waals surface area contributed by atoms with Crippen molar-refractivity contribution >= 4 is 5.91 Å². The van der Waals surface area contributed by atoms with Crippen LogP contribution in [0.4, 0.5) is 0 Å². The minimum absolute atomic E-state index is 0.328. The SMILES string of the molecule is N#Cc1ccccc1-c1ccc(CN2Cc3ccccc3C[C@@H]2C(N)=O)o1. The molecule has 0 aliphatic carbocycles. The van der Waals surface area contributed by atoms with Crippen molar-refractivity contribution in [3.63, 3.8) is 0 Å². The predicted octanol–water partition coefficient (Wildman–Crippen LogP) is 3.23. The highest BCUT2D eigenvalue weighted by atomic mass is 16.3. The van der Waals surface area contributed by atoms with Crippen LogP contribution in [0.2, 0.25) is 0 Å². The summed E-state index contributed by atoms with van der Waals surface area (Å²) in [6.07, 6.45) is 0.607. The van der Waals surface area contributed by atoms with Gasteiger partial charge in [-0.2, -0.15) is 5.26 Å². The number of nitrogens with two attached hydrogens (primary N) is 1. The average Bonchev–Trinajstić information content (AvgIpc) is 3.15. The zero-order valence-corrected chi connectivity index (χ0v) is 14.8. The Morgan fingerprint density at radius 1 is 1.11 bits per heavy atom. The Balaban J connectivity index is 1.60. The Labute approximate surface area is 157 Å². The topological polar surface area (TPSA) is 83.3 Å². The van der Waals surface area contributed by atoms with Gasteiger partial charge in [-0.3, -0.25) is 9.69 Å². The highest BCUT2D eigenvalue weighted by Gasteiger charge is 2.30. The van der Waals surface area contributed by atoms with E-state index in [0.717, 1.165) is 11.3 Å². The van der Waals surface area contributed by atoms with Crippen molar-refractivity contribution in [2.24, 2.45) is 5.73 Å². The summed E-state index contributed by atoms with van der Waals surface area (Å²) in [5.74, 6) is 1.06. The van der Waals surface area contributed by atoms with Crippen LogP contribution in [0.25, 0.3) is 11.3 Å². The molecular formula is C22H19N3O2. The fraction of sp³-hybridized carbons (Fsp3) is 0.182. The van der Waals surface area contributed by atoms with Gasteiger partial charge in [0, 0.05) is 12.1 Å². The lowest BCUT2D eigenvalue weighted by Crippen LogP contribution is -2.47. The molecular weight excluding hydrogens is 338 g/mol. The number of nitriles is 1. The van der Waals surface area contributed by atoms with Gasteiger partial charge in [-0.15, -0.1) is 0 Å². The summed E-state index contributed by atoms with van der Waals surface area (Å²) >= 11 is 0. The van der Waals surface area contributed by atoms with Gasteiger partial charge in [0.15, 0.2) is 0 Å². The van der Waals surface area contributed by atoms with E-state index in [1.807, 2.05) is 53.4 Å². The molecule has 0 saturated carbocycles. The first-order valence-corrected chi connectivity index (χ1v) is 8.84. The molecule has 2 N–H and O–H groups in total. The highest BCUT2D eigenvalue weighted by Crippen LogP contribution is 2.29. The maximum atomic E-state index is 12.0. The summed E-state index contributed by atoms with van der Waals surface area (Å²) in [4.78, 5) is 14.0. The lowest BCUT2D eigenvalue weighted by Gasteiger charge is -2.34. The number of nitrogens with zero attached hydrogens (tertiary/aromatic N) is 2. The summed E-state index contributed by atoms with van der Waals surface area (Å²) in [5.41, 5.74) is 9.36. The monoisotopic (exact) mass is 357 g/mol. The number of furan rings is 1. The molecule has 0 saturated heterocycles. The van der Waals surface area contributed by atoms with Crippen molar-refractivity contribution in [3.05, 3.63) is 83.1 Å². The third kappa shape index (κ3) is 3.35. The van der Waals surface area contributed by atoms with Crippen LogP contribution in [0.3, 0.4) is 0 Å². The van der Waals surface area contributed by atoms with E-state index in [0.29, 0.717) is 30.8 Å². The van der Waals surface area contributed by atoms with Crippen LogP contribution in [0.5, 0.6) is 0 Å². The van der Waals surface area contributed by atoms with E-state index < -0.39 is 0 Å². The fourth-order valence-corrected chi connectivity index (χ4v) is 3.63. The second-order valence-corrected chi connectivity index (χ2v) is 6.72. The van der Waals surface area contributed by atoms with Crippen molar-refractivity contribution in [2.45, 2.75) is 25.6 Å². The number of amides is 1.